The molecule has 0 heterocycles. The predicted molar refractivity (Wildman–Crippen MR) is 90.6 cm³/mol. The second kappa shape index (κ2) is 4.26. The zero-order chi connectivity index (χ0) is 15.6. The van der Waals surface area contributed by atoms with Gasteiger partial charge in [-0.3, -0.25) is 9.59 Å². The minimum atomic E-state index is -0.425. The summed E-state index contributed by atoms with van der Waals surface area (Å²) >= 11 is 0. The topological polar surface area (TPSA) is 34.1 Å². The number of carbonyl (C=O) groups is 2. The summed E-state index contributed by atoms with van der Waals surface area (Å²) in [5.41, 5.74) is 6.00. The fourth-order valence-electron chi connectivity index (χ4n) is 3.90. The van der Waals surface area contributed by atoms with E-state index in [0.29, 0.717) is 12.0 Å². The molecular weight excluding hydrogens is 284 g/mol. The van der Waals surface area contributed by atoms with Gasteiger partial charge in [0, 0.05) is 5.56 Å². The van der Waals surface area contributed by atoms with Gasteiger partial charge in [0.2, 0.25) is 11.6 Å². The summed E-state index contributed by atoms with van der Waals surface area (Å²) in [5.74, 6) is -0.803. The Morgan fingerprint density at radius 2 is 1.48 bits per heavy atom. The van der Waals surface area contributed by atoms with Gasteiger partial charge in [-0.05, 0) is 57.2 Å². The largest absolute Gasteiger partial charge is 0.286 e. The molecule has 2 nitrogen and oxygen atoms in total. The number of rotatable bonds is 0. The van der Waals surface area contributed by atoms with Gasteiger partial charge in [0.1, 0.15) is 0 Å². The van der Waals surface area contributed by atoms with E-state index in [1.165, 1.54) is 17.2 Å². The smallest absolute Gasteiger partial charge is 0.233 e. The van der Waals surface area contributed by atoms with Crippen LogP contribution in [0.2, 0.25) is 0 Å². The average molecular weight is 296 g/mol. The van der Waals surface area contributed by atoms with Gasteiger partial charge in [0.05, 0.1) is 0 Å². The molecule has 0 aromatic heterocycles. The predicted octanol–water partition coefficient (Wildman–Crippen LogP) is 4.19. The highest BCUT2D eigenvalue weighted by atomic mass is 16.2. The lowest BCUT2D eigenvalue weighted by Crippen LogP contribution is -2.18. The number of hydrogen-bond donors (Lipinski definition) is 0. The molecule has 0 aliphatic heterocycles. The van der Waals surface area contributed by atoms with Crippen LogP contribution >= 0.6 is 0 Å². The zero-order valence-corrected chi connectivity index (χ0v) is 12.3. The standard InChI is InChI=1S/C21H12O2/c22-18-10-9-16-14-7-3-4-8-15(14)19-13-6-2-1-5-12(13)11-17(19)20(16)21(18)23/h1-10H,11H2. The van der Waals surface area contributed by atoms with E-state index in [2.05, 4.69) is 18.2 Å². The van der Waals surface area contributed by atoms with Gasteiger partial charge < -0.3 is 0 Å². The number of ketones is 2. The highest BCUT2D eigenvalue weighted by Gasteiger charge is 2.32. The van der Waals surface area contributed by atoms with Crippen molar-refractivity contribution >= 4 is 28.4 Å². The van der Waals surface area contributed by atoms with Crippen LogP contribution in [0.5, 0.6) is 0 Å². The summed E-state index contributed by atoms with van der Waals surface area (Å²) < 4.78 is 0. The summed E-state index contributed by atoms with van der Waals surface area (Å²) in [6.45, 7) is 0. The molecule has 2 aliphatic rings. The fourth-order valence-corrected chi connectivity index (χ4v) is 3.90. The van der Waals surface area contributed by atoms with Gasteiger partial charge in [-0.2, -0.15) is 0 Å². The molecule has 0 unspecified atom stereocenters. The van der Waals surface area contributed by atoms with E-state index in [-0.39, 0.29) is 5.78 Å². The molecule has 2 heteroatoms. The normalized spacial score (nSPS) is 14.8. The third-order valence-electron chi connectivity index (χ3n) is 4.87. The molecule has 0 spiro atoms. The second-order valence-electron chi connectivity index (χ2n) is 6.05. The molecule has 3 aromatic rings. The number of Topliss-reactive ketones (excluding diaryl/α,β-unsaturated/α-hetero) is 1. The van der Waals surface area contributed by atoms with E-state index in [1.54, 1.807) is 6.08 Å². The first-order valence-electron chi connectivity index (χ1n) is 7.68. The number of carbonyl (C=O) groups excluding carboxylic acids is 2. The molecule has 0 N–H and O–H groups in total. The van der Waals surface area contributed by atoms with E-state index in [4.69, 9.17) is 0 Å². The summed E-state index contributed by atoms with van der Waals surface area (Å²) in [7, 11) is 0. The van der Waals surface area contributed by atoms with Crippen LogP contribution in [0.1, 0.15) is 27.0 Å². The van der Waals surface area contributed by atoms with Crippen molar-refractivity contribution < 1.29 is 9.59 Å². The van der Waals surface area contributed by atoms with E-state index in [1.807, 2.05) is 30.3 Å². The van der Waals surface area contributed by atoms with Gasteiger partial charge in [-0.15, -0.1) is 0 Å². The van der Waals surface area contributed by atoms with E-state index in [0.717, 1.165) is 27.5 Å². The molecule has 0 saturated heterocycles. The van der Waals surface area contributed by atoms with Crippen LogP contribution in [-0.4, -0.2) is 11.6 Å². The van der Waals surface area contributed by atoms with Crippen molar-refractivity contribution in [3.63, 3.8) is 0 Å². The molecule has 3 aromatic carbocycles. The zero-order valence-electron chi connectivity index (χ0n) is 12.3. The summed E-state index contributed by atoms with van der Waals surface area (Å²) in [5, 5.41) is 2.19. The Balaban J connectivity index is 2.02. The highest BCUT2D eigenvalue weighted by Crippen LogP contribution is 2.45. The van der Waals surface area contributed by atoms with Gasteiger partial charge in [-0.25, -0.2) is 0 Å². The second-order valence-corrected chi connectivity index (χ2v) is 6.05. The van der Waals surface area contributed by atoms with Crippen molar-refractivity contribution in [2.24, 2.45) is 0 Å². The van der Waals surface area contributed by atoms with Crippen LogP contribution in [0.25, 0.3) is 28.0 Å². The van der Waals surface area contributed by atoms with Crippen LogP contribution in [0.15, 0.2) is 54.6 Å². The molecule has 2 aliphatic carbocycles. The number of benzene rings is 3. The molecule has 0 atom stereocenters. The van der Waals surface area contributed by atoms with Crippen molar-refractivity contribution in [2.75, 3.05) is 0 Å². The minimum absolute atomic E-state index is 0.377. The number of fused-ring (bicyclic) bond motifs is 8. The van der Waals surface area contributed by atoms with E-state index >= 15 is 0 Å². The molecule has 0 radical (unpaired) electrons. The van der Waals surface area contributed by atoms with Gasteiger partial charge in [-0.1, -0.05) is 48.5 Å². The molecule has 108 valence electrons. The third-order valence-corrected chi connectivity index (χ3v) is 4.87. The molecular formula is C21H12O2. The van der Waals surface area contributed by atoms with Crippen molar-refractivity contribution in [3.8, 4) is 11.1 Å². The Hall–Kier alpha value is -3.00. The average Bonchev–Trinajstić information content (AvgIpc) is 2.97. The Morgan fingerprint density at radius 1 is 0.739 bits per heavy atom. The van der Waals surface area contributed by atoms with Crippen molar-refractivity contribution in [2.45, 2.75) is 6.42 Å². The summed E-state index contributed by atoms with van der Waals surface area (Å²) in [4.78, 5) is 24.5. The quantitative estimate of drug-likeness (QED) is 0.456. The Kier molecular flexibility index (Phi) is 2.32. The van der Waals surface area contributed by atoms with Crippen LogP contribution < -0.4 is 0 Å². The summed E-state index contributed by atoms with van der Waals surface area (Å²) in [6, 6.07) is 16.4. The molecule has 0 saturated carbocycles. The van der Waals surface area contributed by atoms with Gasteiger partial charge >= 0.3 is 0 Å². The molecule has 5 rings (SSSR count). The Bertz CT molecular complexity index is 1070. The monoisotopic (exact) mass is 296 g/mol. The lowest BCUT2D eigenvalue weighted by Gasteiger charge is -2.18. The molecule has 0 fully saturated rings. The first-order chi connectivity index (χ1) is 11.3. The lowest BCUT2D eigenvalue weighted by molar-refractivity contribution is -0.110. The maximum atomic E-state index is 12.6. The third kappa shape index (κ3) is 1.53. The van der Waals surface area contributed by atoms with Crippen molar-refractivity contribution in [1.29, 1.82) is 0 Å². The lowest BCUT2D eigenvalue weighted by atomic mass is 9.84. The van der Waals surface area contributed by atoms with Crippen molar-refractivity contribution in [1.82, 2.24) is 0 Å². The Morgan fingerprint density at radius 3 is 2.35 bits per heavy atom. The summed E-state index contributed by atoms with van der Waals surface area (Å²) in [6.07, 6.45) is 3.90. The minimum Gasteiger partial charge on any atom is -0.286 e. The van der Waals surface area contributed by atoms with E-state index < -0.39 is 5.78 Å². The first kappa shape index (κ1) is 12.5. The fraction of sp³-hybridized carbons (Fsp3) is 0.0476. The van der Waals surface area contributed by atoms with Gasteiger partial charge in [0.15, 0.2) is 0 Å². The highest BCUT2D eigenvalue weighted by molar-refractivity contribution is 6.51. The van der Waals surface area contributed by atoms with Crippen LogP contribution in [0.4, 0.5) is 0 Å². The van der Waals surface area contributed by atoms with Crippen LogP contribution in [0, 0.1) is 0 Å². The van der Waals surface area contributed by atoms with Crippen LogP contribution in [0.3, 0.4) is 0 Å². The number of allylic oxidation sites excluding steroid dienone is 1. The van der Waals surface area contributed by atoms with Gasteiger partial charge in [0.25, 0.3) is 0 Å². The van der Waals surface area contributed by atoms with Crippen LogP contribution in [-0.2, 0) is 11.2 Å². The Labute approximate surface area is 133 Å². The molecule has 0 amide bonds. The maximum absolute atomic E-state index is 12.6. The van der Waals surface area contributed by atoms with Crippen molar-refractivity contribution in [3.05, 3.63) is 76.9 Å². The van der Waals surface area contributed by atoms with E-state index in [9.17, 15) is 9.59 Å². The molecule has 23 heavy (non-hydrogen) atoms. The SMILES string of the molecule is O=C1C=Cc2c(c3c(c4ccccc24)-c2ccccc2C3)C1=O. The molecule has 0 bridgehead atoms. The maximum Gasteiger partial charge on any atom is 0.233 e. The number of hydrogen-bond acceptors (Lipinski definition) is 2. The first-order valence-corrected chi connectivity index (χ1v) is 7.68.